The van der Waals surface area contributed by atoms with Crippen LogP contribution in [0.2, 0.25) is 6.55 Å². The van der Waals surface area contributed by atoms with Crippen molar-refractivity contribution in [1.29, 1.82) is 0 Å². The van der Waals surface area contributed by atoms with E-state index in [1.54, 1.807) is 43.8 Å². The Bertz CT molecular complexity index is 2760. The Morgan fingerprint density at radius 3 is 1.35 bits per heavy atom. The van der Waals surface area contributed by atoms with Gasteiger partial charge in [-0.25, -0.2) is 0 Å². The van der Waals surface area contributed by atoms with Gasteiger partial charge in [-0.1, -0.05) is 0 Å². The summed E-state index contributed by atoms with van der Waals surface area (Å²) in [5.74, 6) is 0. The van der Waals surface area contributed by atoms with Gasteiger partial charge in [0.1, 0.15) is 0 Å². The maximum atomic E-state index is 2.72. The van der Waals surface area contributed by atoms with Crippen LogP contribution in [0.15, 0.2) is 139 Å². The van der Waals surface area contributed by atoms with Gasteiger partial charge in [0.25, 0.3) is 0 Å². The van der Waals surface area contributed by atoms with Crippen LogP contribution in [0.5, 0.6) is 0 Å². The smallest absolute Gasteiger partial charge is 1.00 e. The Kier molecular flexibility index (Phi) is 8.05. The van der Waals surface area contributed by atoms with Gasteiger partial charge in [-0.05, 0) is 0 Å². The van der Waals surface area contributed by atoms with E-state index in [0.717, 1.165) is 0 Å². The summed E-state index contributed by atoms with van der Waals surface area (Å²) >= 11 is -1.07. The van der Waals surface area contributed by atoms with E-state index in [0.29, 0.717) is 7.25 Å². The molecule has 2 unspecified atom stereocenters. The molecule has 4 aliphatic carbocycles. The zero-order valence-corrected chi connectivity index (χ0v) is 35.8. The summed E-state index contributed by atoms with van der Waals surface area (Å²) in [5.41, 5.74) is 20.6. The van der Waals surface area contributed by atoms with E-state index in [4.69, 9.17) is 0 Å². The Morgan fingerprint density at radius 2 is 0.873 bits per heavy atom. The predicted molar refractivity (Wildman–Crippen MR) is 225 cm³/mol. The zero-order valence-electron chi connectivity index (χ0n) is 30.8. The third-order valence-corrected chi connectivity index (χ3v) is 23.4. The predicted octanol–water partition coefficient (Wildman–Crippen LogP) is 6.82. The standard InChI is InChI=1S/C51H36Si.2ClH.Zr/c1-31-29-37-13-9-19-44(40-27-25-35-23-21-33-11-7-17-42(40)46(33)35)48(37)50(31)52(3,39-15-5-4-6-16-39)51-32(2)30-38-14-10-20-45(49(38)51)41-28-26-36-24-22-34-12-8-18-43(41)47(34)36;;;/h4-30H,1-3H3;2*1H;/q;;;+2/p-2. The van der Waals surface area contributed by atoms with Crippen molar-refractivity contribution in [2.24, 2.45) is 0 Å². The maximum Gasteiger partial charge on any atom is -1.00 e. The molecule has 0 amide bonds. The second-order valence-corrected chi connectivity index (χ2v) is 23.3. The molecule has 0 N–H and O–H groups in total. The molecule has 55 heavy (non-hydrogen) atoms. The Morgan fingerprint density at radius 1 is 0.436 bits per heavy atom. The summed E-state index contributed by atoms with van der Waals surface area (Å²) in [5, 5.41) is 10.4. The van der Waals surface area contributed by atoms with E-state index in [-0.39, 0.29) is 24.8 Å². The number of benzene rings is 7. The fourth-order valence-electron chi connectivity index (χ4n) is 11.2. The molecule has 0 radical (unpaired) electrons. The fraction of sp³-hybridized carbons (Fsp3) is 0.0980. The van der Waals surface area contributed by atoms with Crippen molar-refractivity contribution in [3.05, 3.63) is 183 Å². The van der Waals surface area contributed by atoms with Gasteiger partial charge in [0, 0.05) is 0 Å². The van der Waals surface area contributed by atoms with E-state index >= 15 is 0 Å². The average Bonchev–Trinajstić information content (AvgIpc) is 3.96. The van der Waals surface area contributed by atoms with E-state index in [2.05, 4.69) is 172 Å². The monoisotopic (exact) mass is 836 g/mol. The molecule has 7 aromatic carbocycles. The molecule has 0 nitrogen and oxygen atoms in total. The molecule has 0 aromatic heterocycles. The van der Waals surface area contributed by atoms with Gasteiger partial charge in [0.15, 0.2) is 0 Å². The molecular formula is C51H36Cl2SiZr. The zero-order chi connectivity index (χ0) is 35.2. The van der Waals surface area contributed by atoms with Crippen LogP contribution in [0, 0.1) is 0 Å². The van der Waals surface area contributed by atoms with Crippen LogP contribution in [0.3, 0.4) is 0 Å². The van der Waals surface area contributed by atoms with Crippen LogP contribution in [0.1, 0.15) is 65.6 Å². The largest absolute Gasteiger partial charge is 1.00 e. The molecule has 0 spiro atoms. The van der Waals surface area contributed by atoms with Gasteiger partial charge in [0.2, 0.25) is 0 Å². The molecule has 1 aliphatic heterocycles. The third-order valence-electron chi connectivity index (χ3n) is 13.3. The normalized spacial score (nSPS) is 20.1. The van der Waals surface area contributed by atoms with E-state index in [9.17, 15) is 0 Å². The minimum atomic E-state index is -2.62. The van der Waals surface area contributed by atoms with E-state index in [1.807, 2.05) is 0 Å². The first-order chi connectivity index (χ1) is 26.0. The first-order valence-corrected chi connectivity index (χ1v) is 24.3. The minimum Gasteiger partial charge on any atom is -1.00 e. The first-order valence-electron chi connectivity index (χ1n) is 19.0. The molecule has 5 aliphatic rings. The number of rotatable bonds is 3. The van der Waals surface area contributed by atoms with Crippen molar-refractivity contribution >= 4 is 69.5 Å². The number of hydrogen-bond acceptors (Lipinski definition) is 0. The molecule has 12 rings (SSSR count). The van der Waals surface area contributed by atoms with Gasteiger partial charge in [0.05, 0.1) is 0 Å². The SMILES string of the molecule is CC1=C2c3c(-c4ccc5c6c(cccc46)C=C5)cccc3[CH]1[Zr+2][CH]1C(C)=C(c3c(-c4ccc5c6c(cccc46)C=C5)cccc31)[Si]2(C)c1ccccc1.[Cl-].[Cl-]. The number of fused-ring (bicyclic) bond motifs is 8. The third kappa shape index (κ3) is 4.55. The fourth-order valence-corrected chi connectivity index (χ4v) is 21.8. The summed E-state index contributed by atoms with van der Waals surface area (Å²) in [6.45, 7) is 7.80. The Balaban J connectivity index is 0.00000186. The Hall–Kier alpha value is -4.30. The van der Waals surface area contributed by atoms with Crippen LogP contribution < -0.4 is 30.0 Å². The molecule has 4 heteroatoms. The van der Waals surface area contributed by atoms with Crippen LogP contribution in [0.25, 0.3) is 78.5 Å². The molecule has 7 aromatic rings. The van der Waals surface area contributed by atoms with Crippen molar-refractivity contribution in [3.63, 3.8) is 0 Å². The van der Waals surface area contributed by atoms with E-state index < -0.39 is 31.3 Å². The van der Waals surface area contributed by atoms with Crippen molar-refractivity contribution in [2.75, 3.05) is 0 Å². The quantitative estimate of drug-likeness (QED) is 0.172. The van der Waals surface area contributed by atoms with Crippen LogP contribution in [-0.2, 0) is 23.2 Å². The molecule has 0 fully saturated rings. The second kappa shape index (κ2) is 12.6. The molecule has 2 atom stereocenters. The van der Waals surface area contributed by atoms with Gasteiger partial charge in [-0.2, -0.15) is 0 Å². The summed E-state index contributed by atoms with van der Waals surface area (Å²) < 4.78 is 1.10. The average molecular weight is 839 g/mol. The van der Waals surface area contributed by atoms with Crippen molar-refractivity contribution < 1.29 is 48.0 Å². The van der Waals surface area contributed by atoms with Gasteiger partial charge in [-0.15, -0.1) is 0 Å². The number of allylic oxidation sites excluding steroid dienone is 2. The van der Waals surface area contributed by atoms with Gasteiger partial charge >= 0.3 is 326 Å². The second-order valence-electron chi connectivity index (χ2n) is 15.8. The number of halogens is 2. The van der Waals surface area contributed by atoms with Crippen LogP contribution in [-0.4, -0.2) is 8.07 Å². The molecule has 0 saturated carbocycles. The molecule has 4 bridgehead atoms. The molecule has 1 heterocycles. The summed E-state index contributed by atoms with van der Waals surface area (Å²) in [6.07, 6.45) is 9.15. The van der Waals surface area contributed by atoms with Gasteiger partial charge in [-0.3, -0.25) is 0 Å². The summed E-state index contributed by atoms with van der Waals surface area (Å²) in [4.78, 5) is 0. The number of hydrogen-bond donors (Lipinski definition) is 0. The Labute approximate surface area is 347 Å². The van der Waals surface area contributed by atoms with Crippen molar-refractivity contribution in [2.45, 2.75) is 27.6 Å². The minimum absolute atomic E-state index is 0. The first kappa shape index (κ1) is 35.1. The van der Waals surface area contributed by atoms with Crippen molar-refractivity contribution in [3.8, 4) is 22.3 Å². The topological polar surface area (TPSA) is 0 Å². The van der Waals surface area contributed by atoms with Gasteiger partial charge < -0.3 is 24.8 Å². The van der Waals surface area contributed by atoms with Crippen molar-refractivity contribution in [1.82, 2.24) is 0 Å². The molecule has 262 valence electrons. The van der Waals surface area contributed by atoms with Crippen LogP contribution >= 0.6 is 0 Å². The summed E-state index contributed by atoms with van der Waals surface area (Å²) in [7, 11) is -2.62. The van der Waals surface area contributed by atoms with E-state index in [1.165, 1.54) is 71.2 Å². The molecular weight excluding hydrogens is 803 g/mol. The van der Waals surface area contributed by atoms with Crippen LogP contribution in [0.4, 0.5) is 0 Å². The maximum absolute atomic E-state index is 2.72. The summed E-state index contributed by atoms with van der Waals surface area (Å²) in [6, 6.07) is 49.7. The molecule has 0 saturated heterocycles.